The Morgan fingerprint density at radius 3 is 2.65 bits per heavy atom. The van der Waals surface area contributed by atoms with Crippen molar-refractivity contribution in [2.45, 2.75) is 0 Å². The lowest BCUT2D eigenvalue weighted by Gasteiger charge is -2.10. The van der Waals surface area contributed by atoms with Gasteiger partial charge in [0.2, 0.25) is 0 Å². The molecule has 0 spiro atoms. The summed E-state index contributed by atoms with van der Waals surface area (Å²) in [5.74, 6) is -0.806. The summed E-state index contributed by atoms with van der Waals surface area (Å²) in [4.78, 5) is 33.6. The first kappa shape index (κ1) is 21.0. The molecule has 4 rings (SSSR count). The number of amides is 1. The third kappa shape index (κ3) is 5.07. The van der Waals surface area contributed by atoms with E-state index in [1.807, 2.05) is 42.5 Å². The SMILES string of the molecule is O=C(COC(=O)c1cc(-c2cccc(Br)c2)nc2ccccc12)Nc1ccc(Cl)cn1. The molecule has 2 heterocycles. The van der Waals surface area contributed by atoms with Gasteiger partial charge >= 0.3 is 5.97 Å². The van der Waals surface area contributed by atoms with Gasteiger partial charge in [0.1, 0.15) is 5.82 Å². The van der Waals surface area contributed by atoms with Gasteiger partial charge in [-0.1, -0.05) is 57.9 Å². The lowest BCUT2D eigenvalue weighted by molar-refractivity contribution is -0.119. The van der Waals surface area contributed by atoms with Gasteiger partial charge in [0.25, 0.3) is 5.91 Å². The molecule has 4 aromatic rings. The quantitative estimate of drug-likeness (QED) is 0.369. The molecule has 154 valence electrons. The molecule has 0 aliphatic heterocycles. The average Bonchev–Trinajstić information content (AvgIpc) is 2.78. The number of aromatic nitrogens is 2. The van der Waals surface area contributed by atoms with E-state index in [1.165, 1.54) is 6.20 Å². The van der Waals surface area contributed by atoms with Crippen LogP contribution in [0.15, 0.2) is 77.4 Å². The van der Waals surface area contributed by atoms with Crippen molar-refractivity contribution in [3.8, 4) is 11.3 Å². The second-order valence-corrected chi connectivity index (χ2v) is 7.92. The number of fused-ring (bicyclic) bond motifs is 1. The first-order valence-corrected chi connectivity index (χ1v) is 10.4. The van der Waals surface area contributed by atoms with Gasteiger partial charge in [-0.25, -0.2) is 14.8 Å². The standard InChI is InChI=1S/C23H15BrClN3O3/c24-15-5-3-4-14(10-15)20-11-18(17-6-1-2-7-19(17)27-20)23(30)31-13-22(29)28-21-9-8-16(25)12-26-21/h1-12H,13H2,(H,26,28,29). The van der Waals surface area contributed by atoms with Gasteiger partial charge in [0, 0.05) is 21.6 Å². The van der Waals surface area contributed by atoms with Crippen molar-refractivity contribution < 1.29 is 14.3 Å². The van der Waals surface area contributed by atoms with Gasteiger partial charge in [0.15, 0.2) is 6.61 Å². The Balaban J connectivity index is 1.56. The highest BCUT2D eigenvalue weighted by Crippen LogP contribution is 2.27. The Morgan fingerprint density at radius 2 is 1.87 bits per heavy atom. The van der Waals surface area contributed by atoms with Gasteiger partial charge < -0.3 is 10.1 Å². The van der Waals surface area contributed by atoms with Crippen molar-refractivity contribution in [3.05, 3.63) is 88.0 Å². The molecule has 1 amide bonds. The molecule has 0 fully saturated rings. The number of ether oxygens (including phenoxy) is 1. The van der Waals surface area contributed by atoms with Crippen LogP contribution in [0.3, 0.4) is 0 Å². The lowest BCUT2D eigenvalue weighted by atomic mass is 10.0. The number of hydrogen-bond donors (Lipinski definition) is 1. The highest BCUT2D eigenvalue weighted by molar-refractivity contribution is 9.10. The van der Waals surface area contributed by atoms with Crippen LogP contribution < -0.4 is 5.32 Å². The molecule has 1 N–H and O–H groups in total. The third-order valence-electron chi connectivity index (χ3n) is 4.39. The van der Waals surface area contributed by atoms with Crippen LogP contribution in [0.4, 0.5) is 5.82 Å². The number of para-hydroxylation sites is 1. The second kappa shape index (κ2) is 9.24. The molecule has 0 unspecified atom stereocenters. The predicted octanol–water partition coefficient (Wildman–Crippen LogP) is 5.51. The minimum Gasteiger partial charge on any atom is -0.452 e. The summed E-state index contributed by atoms with van der Waals surface area (Å²) in [5.41, 5.74) is 2.46. The van der Waals surface area contributed by atoms with E-state index in [4.69, 9.17) is 16.3 Å². The molecule has 8 heteroatoms. The number of hydrogen-bond acceptors (Lipinski definition) is 5. The first-order valence-electron chi connectivity index (χ1n) is 9.24. The number of anilines is 1. The van der Waals surface area contributed by atoms with Crippen LogP contribution in [0, 0.1) is 0 Å². The van der Waals surface area contributed by atoms with Crippen LogP contribution in [0.2, 0.25) is 5.02 Å². The van der Waals surface area contributed by atoms with E-state index in [0.717, 1.165) is 10.0 Å². The Kier molecular flexibility index (Phi) is 6.25. The third-order valence-corrected chi connectivity index (χ3v) is 5.10. The molecule has 2 aromatic carbocycles. The number of halogens is 2. The maximum atomic E-state index is 12.8. The smallest absolute Gasteiger partial charge is 0.339 e. The van der Waals surface area contributed by atoms with E-state index in [1.54, 1.807) is 24.3 Å². The minimum absolute atomic E-state index is 0.316. The van der Waals surface area contributed by atoms with Crippen LogP contribution in [0.1, 0.15) is 10.4 Å². The molecule has 0 aliphatic rings. The topological polar surface area (TPSA) is 81.2 Å². The maximum Gasteiger partial charge on any atom is 0.339 e. The summed E-state index contributed by atoms with van der Waals surface area (Å²) in [5, 5.41) is 3.65. The van der Waals surface area contributed by atoms with Crippen LogP contribution >= 0.6 is 27.5 Å². The van der Waals surface area contributed by atoms with Crippen LogP contribution in [0.5, 0.6) is 0 Å². The van der Waals surface area contributed by atoms with E-state index in [2.05, 4.69) is 31.2 Å². The highest BCUT2D eigenvalue weighted by Gasteiger charge is 2.17. The summed E-state index contributed by atoms with van der Waals surface area (Å²) in [6, 6.07) is 19.7. The number of nitrogens with one attached hydrogen (secondary N) is 1. The van der Waals surface area contributed by atoms with Gasteiger partial charge in [0.05, 0.1) is 21.8 Å². The largest absolute Gasteiger partial charge is 0.452 e. The molecule has 2 aromatic heterocycles. The minimum atomic E-state index is -0.617. The van der Waals surface area contributed by atoms with Crippen LogP contribution in [0.25, 0.3) is 22.2 Å². The predicted molar refractivity (Wildman–Crippen MR) is 123 cm³/mol. The number of nitrogens with zero attached hydrogens (tertiary/aromatic N) is 2. The zero-order valence-corrected chi connectivity index (χ0v) is 18.4. The number of rotatable bonds is 5. The Bertz CT molecular complexity index is 1280. The summed E-state index contributed by atoms with van der Waals surface area (Å²) >= 11 is 9.23. The highest BCUT2D eigenvalue weighted by atomic mass is 79.9. The molecule has 0 saturated heterocycles. The molecule has 0 aliphatic carbocycles. The molecular formula is C23H15BrClN3O3. The van der Waals surface area contributed by atoms with E-state index in [-0.39, 0.29) is 0 Å². The molecule has 6 nitrogen and oxygen atoms in total. The van der Waals surface area contributed by atoms with Crippen molar-refractivity contribution in [3.63, 3.8) is 0 Å². The fraction of sp³-hybridized carbons (Fsp3) is 0.0435. The first-order chi connectivity index (χ1) is 15.0. The van der Waals surface area contributed by atoms with Crippen LogP contribution in [-0.4, -0.2) is 28.5 Å². The molecular weight excluding hydrogens is 482 g/mol. The molecule has 0 saturated carbocycles. The summed E-state index contributed by atoms with van der Waals surface area (Å²) in [6.07, 6.45) is 1.41. The number of carbonyl (C=O) groups is 2. The average molecular weight is 497 g/mol. The van der Waals surface area contributed by atoms with Crippen molar-refractivity contribution in [1.82, 2.24) is 9.97 Å². The summed E-state index contributed by atoms with van der Waals surface area (Å²) in [7, 11) is 0. The number of pyridine rings is 2. The van der Waals surface area contributed by atoms with E-state index >= 15 is 0 Å². The van der Waals surface area contributed by atoms with Gasteiger partial charge in [-0.15, -0.1) is 0 Å². The monoisotopic (exact) mass is 495 g/mol. The Labute approximate surface area is 191 Å². The zero-order valence-electron chi connectivity index (χ0n) is 16.0. The van der Waals surface area contributed by atoms with Crippen molar-refractivity contribution in [1.29, 1.82) is 0 Å². The fourth-order valence-electron chi connectivity index (χ4n) is 2.98. The van der Waals surface area contributed by atoms with Gasteiger partial charge in [-0.3, -0.25) is 4.79 Å². The van der Waals surface area contributed by atoms with Crippen LogP contribution in [-0.2, 0) is 9.53 Å². The Hall–Kier alpha value is -3.29. The fourth-order valence-corrected chi connectivity index (χ4v) is 3.49. The van der Waals surface area contributed by atoms with Crippen molar-refractivity contribution >= 4 is 56.1 Å². The number of esters is 1. The molecule has 0 atom stereocenters. The normalized spacial score (nSPS) is 10.6. The van der Waals surface area contributed by atoms with E-state index < -0.39 is 18.5 Å². The van der Waals surface area contributed by atoms with Crippen molar-refractivity contribution in [2.75, 3.05) is 11.9 Å². The van der Waals surface area contributed by atoms with Gasteiger partial charge in [-0.05, 0) is 36.4 Å². The molecule has 31 heavy (non-hydrogen) atoms. The molecule has 0 bridgehead atoms. The maximum absolute atomic E-state index is 12.8. The van der Waals surface area contributed by atoms with Crippen molar-refractivity contribution in [2.24, 2.45) is 0 Å². The number of carbonyl (C=O) groups excluding carboxylic acids is 2. The summed E-state index contributed by atoms with van der Waals surface area (Å²) < 4.78 is 6.17. The molecule has 0 radical (unpaired) electrons. The second-order valence-electron chi connectivity index (χ2n) is 6.57. The number of benzene rings is 2. The zero-order chi connectivity index (χ0) is 21.8. The summed E-state index contributed by atoms with van der Waals surface area (Å²) in [6.45, 7) is -0.452. The van der Waals surface area contributed by atoms with E-state index in [0.29, 0.717) is 33.0 Å². The van der Waals surface area contributed by atoms with E-state index in [9.17, 15) is 9.59 Å². The Morgan fingerprint density at radius 1 is 1.03 bits per heavy atom. The van der Waals surface area contributed by atoms with Gasteiger partial charge in [-0.2, -0.15) is 0 Å². The lowest BCUT2D eigenvalue weighted by Crippen LogP contribution is -2.21.